The molecule has 1 aromatic rings. The van der Waals surface area contributed by atoms with Crippen LogP contribution in [0.3, 0.4) is 0 Å². The van der Waals surface area contributed by atoms with Gasteiger partial charge in [0.1, 0.15) is 11.4 Å². The van der Waals surface area contributed by atoms with E-state index in [2.05, 4.69) is 9.71 Å². The molecule has 7 nitrogen and oxygen atoms in total. The van der Waals surface area contributed by atoms with Crippen LogP contribution in [0, 0.1) is 6.92 Å². The van der Waals surface area contributed by atoms with E-state index in [-0.39, 0.29) is 5.03 Å². The number of carboxylic acids is 1. The second-order valence-corrected chi connectivity index (χ2v) is 6.08. The molecule has 102 valence electrons. The van der Waals surface area contributed by atoms with Crippen molar-refractivity contribution in [3.63, 3.8) is 0 Å². The first-order chi connectivity index (χ1) is 8.10. The van der Waals surface area contributed by atoms with E-state index in [0.29, 0.717) is 12.4 Å². The predicted molar refractivity (Wildman–Crippen MR) is 64.7 cm³/mol. The first-order valence-corrected chi connectivity index (χ1v) is 6.89. The minimum absolute atomic E-state index is 0.170. The third-order valence-electron chi connectivity index (χ3n) is 2.49. The van der Waals surface area contributed by atoms with Crippen LogP contribution in [-0.2, 0) is 21.4 Å². The Morgan fingerprint density at radius 2 is 2.11 bits per heavy atom. The van der Waals surface area contributed by atoms with Gasteiger partial charge in [0.25, 0.3) is 10.0 Å². The molecule has 18 heavy (non-hydrogen) atoms. The molecule has 1 heterocycles. The maximum atomic E-state index is 12.0. The molecule has 1 rings (SSSR count). The van der Waals surface area contributed by atoms with Crippen molar-refractivity contribution >= 4 is 16.0 Å². The molecule has 0 fully saturated rings. The quantitative estimate of drug-likeness (QED) is 0.807. The van der Waals surface area contributed by atoms with Crippen molar-refractivity contribution in [3.8, 4) is 0 Å². The van der Waals surface area contributed by atoms with Crippen LogP contribution in [0.15, 0.2) is 11.2 Å². The molecule has 0 aliphatic heterocycles. The van der Waals surface area contributed by atoms with Crippen molar-refractivity contribution in [2.24, 2.45) is 0 Å². The fraction of sp³-hybridized carbons (Fsp3) is 0.600. The van der Waals surface area contributed by atoms with Crippen molar-refractivity contribution in [1.82, 2.24) is 14.3 Å². The molecule has 0 spiro atoms. The van der Waals surface area contributed by atoms with Gasteiger partial charge in [-0.1, -0.05) is 0 Å². The zero-order chi connectivity index (χ0) is 14.1. The Labute approximate surface area is 106 Å². The highest BCUT2D eigenvalue weighted by atomic mass is 32.2. The van der Waals surface area contributed by atoms with E-state index >= 15 is 0 Å². The molecule has 0 amide bonds. The number of aliphatic carboxylic acids is 1. The molecule has 1 aromatic heterocycles. The number of hydrogen-bond donors (Lipinski definition) is 2. The van der Waals surface area contributed by atoms with Gasteiger partial charge in [-0.05, 0) is 27.7 Å². The monoisotopic (exact) mass is 275 g/mol. The molecule has 2 N–H and O–H groups in total. The number of carbonyl (C=O) groups is 1. The van der Waals surface area contributed by atoms with E-state index in [1.54, 1.807) is 11.5 Å². The van der Waals surface area contributed by atoms with Crippen LogP contribution >= 0.6 is 0 Å². The SMILES string of the molecule is CCn1cc(S(=O)(=O)NC(C)(C)C(=O)O)nc1C. The van der Waals surface area contributed by atoms with Gasteiger partial charge in [0.2, 0.25) is 0 Å². The average Bonchev–Trinajstić information content (AvgIpc) is 2.58. The third kappa shape index (κ3) is 2.88. The molecule has 0 aliphatic rings. The highest BCUT2D eigenvalue weighted by molar-refractivity contribution is 7.89. The van der Waals surface area contributed by atoms with Crippen LogP contribution in [0.4, 0.5) is 0 Å². The second-order valence-electron chi connectivity index (χ2n) is 4.45. The van der Waals surface area contributed by atoms with Crippen molar-refractivity contribution in [3.05, 3.63) is 12.0 Å². The minimum atomic E-state index is -3.94. The zero-order valence-corrected chi connectivity index (χ0v) is 11.6. The van der Waals surface area contributed by atoms with Gasteiger partial charge in [-0.3, -0.25) is 4.79 Å². The van der Waals surface area contributed by atoms with Crippen molar-refractivity contribution in [2.75, 3.05) is 0 Å². The summed E-state index contributed by atoms with van der Waals surface area (Å²) >= 11 is 0. The Balaban J connectivity index is 3.11. The van der Waals surface area contributed by atoms with E-state index < -0.39 is 21.5 Å². The molecule has 0 aliphatic carbocycles. The molecule has 0 aromatic carbocycles. The Bertz CT molecular complexity index is 560. The number of aryl methyl sites for hydroxylation is 2. The molecule has 0 unspecified atom stereocenters. The van der Waals surface area contributed by atoms with E-state index in [4.69, 9.17) is 5.11 Å². The summed E-state index contributed by atoms with van der Waals surface area (Å²) in [5, 5.41) is 8.73. The lowest BCUT2D eigenvalue weighted by Crippen LogP contribution is -2.49. The number of rotatable bonds is 5. The first-order valence-electron chi connectivity index (χ1n) is 5.41. The van der Waals surface area contributed by atoms with Gasteiger partial charge < -0.3 is 9.67 Å². The molecule has 0 atom stereocenters. The molecule has 0 saturated carbocycles. The van der Waals surface area contributed by atoms with Gasteiger partial charge in [-0.15, -0.1) is 0 Å². The first kappa shape index (κ1) is 14.7. The summed E-state index contributed by atoms with van der Waals surface area (Å²) in [4.78, 5) is 14.8. The molecular formula is C10H17N3O4S. The predicted octanol–water partition coefficient (Wildman–Crippen LogP) is 0.353. The van der Waals surface area contributed by atoms with Crippen LogP contribution in [0.5, 0.6) is 0 Å². The third-order valence-corrected chi connectivity index (χ3v) is 4.02. The van der Waals surface area contributed by atoms with Crippen molar-refractivity contribution in [1.29, 1.82) is 0 Å². The number of nitrogens with zero attached hydrogens (tertiary/aromatic N) is 2. The number of nitrogens with one attached hydrogen (secondary N) is 1. The summed E-state index contributed by atoms with van der Waals surface area (Å²) in [5.74, 6) is -0.691. The van der Waals surface area contributed by atoms with E-state index in [1.807, 2.05) is 6.92 Å². The number of sulfonamides is 1. The van der Waals surface area contributed by atoms with Crippen LogP contribution in [-0.4, -0.2) is 34.6 Å². The molecule has 0 bridgehead atoms. The fourth-order valence-corrected chi connectivity index (χ4v) is 2.74. The Morgan fingerprint density at radius 3 is 2.50 bits per heavy atom. The summed E-state index contributed by atoms with van der Waals surface area (Å²) in [5.41, 5.74) is -1.58. The highest BCUT2D eigenvalue weighted by Gasteiger charge is 2.34. The van der Waals surface area contributed by atoms with E-state index in [1.165, 1.54) is 20.0 Å². The standard InChI is InChI=1S/C10H17N3O4S/c1-5-13-6-8(11-7(13)2)18(16,17)12-10(3,4)9(14)15/h6,12H,5H2,1-4H3,(H,14,15). The second kappa shape index (κ2) is 4.69. The van der Waals surface area contributed by atoms with Crippen LogP contribution in [0.2, 0.25) is 0 Å². The lowest BCUT2D eigenvalue weighted by Gasteiger charge is -2.19. The fourth-order valence-electron chi connectivity index (χ4n) is 1.36. The lowest BCUT2D eigenvalue weighted by molar-refractivity contribution is -0.142. The summed E-state index contributed by atoms with van der Waals surface area (Å²) in [6.45, 7) is 6.69. The van der Waals surface area contributed by atoms with Gasteiger partial charge in [0.05, 0.1) is 0 Å². The molecule has 0 saturated heterocycles. The van der Waals surface area contributed by atoms with Crippen molar-refractivity contribution in [2.45, 2.75) is 44.8 Å². The number of hydrogen-bond acceptors (Lipinski definition) is 4. The Hall–Kier alpha value is -1.41. The van der Waals surface area contributed by atoms with Crippen LogP contribution in [0.1, 0.15) is 26.6 Å². The number of aromatic nitrogens is 2. The topological polar surface area (TPSA) is 101 Å². The van der Waals surface area contributed by atoms with E-state index in [0.717, 1.165) is 0 Å². The van der Waals surface area contributed by atoms with Gasteiger partial charge in [0, 0.05) is 12.7 Å². The maximum absolute atomic E-state index is 12.0. The lowest BCUT2D eigenvalue weighted by atomic mass is 10.1. The summed E-state index contributed by atoms with van der Waals surface area (Å²) in [6, 6.07) is 0. The highest BCUT2D eigenvalue weighted by Crippen LogP contribution is 2.13. The molecule has 0 radical (unpaired) electrons. The van der Waals surface area contributed by atoms with Gasteiger partial charge in [-0.2, -0.15) is 4.72 Å². The largest absolute Gasteiger partial charge is 0.480 e. The van der Waals surface area contributed by atoms with Gasteiger partial charge >= 0.3 is 5.97 Å². The Kier molecular flexibility index (Phi) is 3.82. The van der Waals surface area contributed by atoms with Crippen molar-refractivity contribution < 1.29 is 18.3 Å². The average molecular weight is 275 g/mol. The molecule has 8 heteroatoms. The van der Waals surface area contributed by atoms with Gasteiger partial charge in [0.15, 0.2) is 5.03 Å². The zero-order valence-electron chi connectivity index (χ0n) is 10.8. The summed E-state index contributed by atoms with van der Waals surface area (Å²) < 4.78 is 27.7. The van der Waals surface area contributed by atoms with E-state index in [9.17, 15) is 13.2 Å². The van der Waals surface area contributed by atoms with Crippen LogP contribution < -0.4 is 4.72 Å². The molecular weight excluding hydrogens is 258 g/mol. The van der Waals surface area contributed by atoms with Crippen LogP contribution in [0.25, 0.3) is 0 Å². The smallest absolute Gasteiger partial charge is 0.324 e. The number of carboxylic acid groups (broad SMARTS) is 1. The Morgan fingerprint density at radius 1 is 1.56 bits per heavy atom. The summed E-state index contributed by atoms with van der Waals surface area (Å²) in [7, 11) is -3.94. The summed E-state index contributed by atoms with van der Waals surface area (Å²) in [6.07, 6.45) is 1.38. The van der Waals surface area contributed by atoms with Gasteiger partial charge in [-0.25, -0.2) is 13.4 Å². The maximum Gasteiger partial charge on any atom is 0.324 e. The number of imidazole rings is 1. The minimum Gasteiger partial charge on any atom is -0.480 e. The normalized spacial score (nSPS) is 12.7.